The van der Waals surface area contributed by atoms with Crippen molar-refractivity contribution in [1.29, 1.82) is 0 Å². The minimum atomic E-state index is -0.287. The second-order valence-corrected chi connectivity index (χ2v) is 4.51. The van der Waals surface area contributed by atoms with E-state index in [4.69, 9.17) is 0 Å². The van der Waals surface area contributed by atoms with Crippen LogP contribution < -0.4 is 9.88 Å². The average Bonchev–Trinajstić information content (AvgIpc) is 2.35. The zero-order valence-corrected chi connectivity index (χ0v) is 14.4. The number of hydrogen-bond donors (Lipinski definition) is 1. The van der Waals surface area contributed by atoms with Gasteiger partial charge in [-0.25, -0.2) is 4.39 Å². The summed E-state index contributed by atoms with van der Waals surface area (Å²) in [5.74, 6) is -0.417. The third kappa shape index (κ3) is 4.46. The Morgan fingerprint density at radius 1 is 1.15 bits per heavy atom. The molecule has 20 heavy (non-hydrogen) atoms. The standard InChI is InChI=1S/C15H15FN2O.Y/c1-11-8-13(16)9-12(2)15(11)17-14(19)10-18-6-4-3-5-7-18;/h3-9H,10H2,1-2H3;/p+1. The molecular formula is C15H16FN2OY+. The van der Waals surface area contributed by atoms with Gasteiger partial charge in [-0.1, -0.05) is 6.07 Å². The van der Waals surface area contributed by atoms with Gasteiger partial charge in [0, 0.05) is 50.5 Å². The van der Waals surface area contributed by atoms with Crippen molar-refractivity contribution in [2.45, 2.75) is 20.4 Å². The number of hydrogen-bond acceptors (Lipinski definition) is 1. The maximum absolute atomic E-state index is 13.2. The van der Waals surface area contributed by atoms with Gasteiger partial charge in [0.1, 0.15) is 5.82 Å². The van der Waals surface area contributed by atoms with Crippen LogP contribution in [0, 0.1) is 19.7 Å². The van der Waals surface area contributed by atoms with E-state index in [0.717, 1.165) is 11.1 Å². The van der Waals surface area contributed by atoms with E-state index in [1.807, 2.05) is 30.6 Å². The number of pyridine rings is 1. The van der Waals surface area contributed by atoms with Crippen LogP contribution in [0.3, 0.4) is 0 Å². The number of halogens is 1. The van der Waals surface area contributed by atoms with E-state index in [0.29, 0.717) is 5.69 Å². The van der Waals surface area contributed by atoms with Crippen LogP contribution in [0.2, 0.25) is 0 Å². The molecule has 0 unspecified atom stereocenters. The molecule has 1 heterocycles. The maximum Gasteiger partial charge on any atom is 0.290 e. The Kier molecular flexibility index (Phi) is 6.43. The number of amides is 1. The van der Waals surface area contributed by atoms with E-state index >= 15 is 0 Å². The number of carbonyl (C=O) groups excluding carboxylic acids is 1. The molecular weight excluding hydrogens is 332 g/mol. The van der Waals surface area contributed by atoms with Crippen molar-refractivity contribution in [2.75, 3.05) is 5.32 Å². The summed E-state index contributed by atoms with van der Waals surface area (Å²) in [6.07, 6.45) is 3.65. The molecule has 0 bridgehead atoms. The van der Waals surface area contributed by atoms with Crippen LogP contribution in [0.15, 0.2) is 42.7 Å². The van der Waals surface area contributed by atoms with Crippen molar-refractivity contribution in [3.8, 4) is 0 Å². The largest absolute Gasteiger partial charge is 0.320 e. The number of nitrogens with zero attached hydrogens (tertiary/aromatic N) is 1. The van der Waals surface area contributed by atoms with Crippen LogP contribution >= 0.6 is 0 Å². The van der Waals surface area contributed by atoms with E-state index < -0.39 is 0 Å². The predicted octanol–water partition coefficient (Wildman–Crippen LogP) is 2.37. The van der Waals surface area contributed by atoms with Gasteiger partial charge >= 0.3 is 0 Å². The first kappa shape index (κ1) is 16.9. The van der Waals surface area contributed by atoms with Crippen LogP contribution in [-0.4, -0.2) is 5.91 Å². The van der Waals surface area contributed by atoms with Gasteiger partial charge in [-0.15, -0.1) is 0 Å². The molecule has 5 heteroatoms. The van der Waals surface area contributed by atoms with Crippen molar-refractivity contribution < 1.29 is 46.5 Å². The van der Waals surface area contributed by atoms with Crippen LogP contribution in [0.4, 0.5) is 10.1 Å². The van der Waals surface area contributed by atoms with E-state index in [1.54, 1.807) is 18.4 Å². The van der Waals surface area contributed by atoms with Gasteiger partial charge in [0.25, 0.3) is 5.91 Å². The third-order valence-corrected chi connectivity index (χ3v) is 2.87. The molecule has 1 N–H and O–H groups in total. The smallest absolute Gasteiger partial charge is 0.290 e. The number of carbonyl (C=O) groups is 1. The molecule has 0 spiro atoms. The van der Waals surface area contributed by atoms with Gasteiger partial charge in [-0.3, -0.25) is 4.79 Å². The monoisotopic (exact) mass is 348 g/mol. The van der Waals surface area contributed by atoms with Gasteiger partial charge in [-0.2, -0.15) is 4.57 Å². The van der Waals surface area contributed by atoms with Gasteiger partial charge in [0.05, 0.1) is 0 Å². The Morgan fingerprint density at radius 3 is 2.25 bits per heavy atom. The first-order valence-corrected chi connectivity index (χ1v) is 6.07. The second kappa shape index (κ2) is 7.60. The van der Waals surface area contributed by atoms with Crippen molar-refractivity contribution >= 4 is 11.6 Å². The Morgan fingerprint density at radius 2 is 1.70 bits per heavy atom. The van der Waals surface area contributed by atoms with Crippen LogP contribution in [0.1, 0.15) is 11.1 Å². The topological polar surface area (TPSA) is 33.0 Å². The zero-order chi connectivity index (χ0) is 13.8. The molecule has 0 aliphatic heterocycles. The summed E-state index contributed by atoms with van der Waals surface area (Å²) in [5.41, 5.74) is 2.13. The Hall–Kier alpha value is -1.13. The third-order valence-electron chi connectivity index (χ3n) is 2.87. The summed E-state index contributed by atoms with van der Waals surface area (Å²) in [6.45, 7) is 3.79. The summed E-state index contributed by atoms with van der Waals surface area (Å²) in [7, 11) is 0. The molecule has 0 aliphatic rings. The quantitative estimate of drug-likeness (QED) is 0.849. The number of anilines is 1. The predicted molar refractivity (Wildman–Crippen MR) is 71.1 cm³/mol. The minimum Gasteiger partial charge on any atom is -0.320 e. The molecule has 0 saturated carbocycles. The second-order valence-electron chi connectivity index (χ2n) is 4.51. The zero-order valence-electron chi connectivity index (χ0n) is 11.6. The molecule has 0 atom stereocenters. The molecule has 1 aromatic heterocycles. The van der Waals surface area contributed by atoms with E-state index in [-0.39, 0.29) is 51.0 Å². The summed E-state index contributed by atoms with van der Waals surface area (Å²) >= 11 is 0. The molecule has 1 aromatic carbocycles. The van der Waals surface area contributed by atoms with E-state index in [2.05, 4.69) is 5.32 Å². The van der Waals surface area contributed by atoms with Crippen LogP contribution in [-0.2, 0) is 44.0 Å². The van der Waals surface area contributed by atoms with E-state index in [1.165, 1.54) is 12.1 Å². The van der Waals surface area contributed by atoms with Crippen LogP contribution in [0.25, 0.3) is 0 Å². The summed E-state index contributed by atoms with van der Waals surface area (Å²) in [5, 5.41) is 2.83. The molecule has 2 rings (SSSR count). The Bertz CT molecular complexity index is 579. The van der Waals surface area contributed by atoms with E-state index in [9.17, 15) is 9.18 Å². The Labute approximate surface area is 143 Å². The first-order valence-electron chi connectivity index (χ1n) is 6.07. The Balaban J connectivity index is 0.00000200. The summed E-state index contributed by atoms with van der Waals surface area (Å²) in [6, 6.07) is 8.45. The molecule has 0 saturated heterocycles. The maximum atomic E-state index is 13.2. The fourth-order valence-corrected chi connectivity index (χ4v) is 1.99. The molecule has 3 nitrogen and oxygen atoms in total. The molecule has 0 fully saturated rings. The molecule has 2 aromatic rings. The molecule has 101 valence electrons. The number of rotatable bonds is 3. The number of benzene rings is 1. The SMILES string of the molecule is Cc1cc(F)cc(C)c1NC(=O)C[n+]1ccccc1.[Y]. The van der Waals surface area contributed by atoms with Gasteiger partial charge < -0.3 is 5.32 Å². The summed E-state index contributed by atoms with van der Waals surface area (Å²) < 4.78 is 15.0. The van der Waals surface area contributed by atoms with Crippen molar-refractivity contribution in [1.82, 2.24) is 0 Å². The molecule has 1 amide bonds. The average molecular weight is 348 g/mol. The number of nitrogens with one attached hydrogen (secondary N) is 1. The fraction of sp³-hybridized carbons (Fsp3) is 0.200. The number of aryl methyl sites for hydroxylation is 2. The van der Waals surface area contributed by atoms with Crippen molar-refractivity contribution in [3.05, 3.63) is 59.7 Å². The van der Waals surface area contributed by atoms with Crippen molar-refractivity contribution in [3.63, 3.8) is 0 Å². The first-order chi connectivity index (χ1) is 9.06. The van der Waals surface area contributed by atoms with Gasteiger partial charge in [0.15, 0.2) is 12.4 Å². The minimum absolute atomic E-state index is 0. The number of aromatic nitrogens is 1. The van der Waals surface area contributed by atoms with Crippen molar-refractivity contribution in [2.24, 2.45) is 0 Å². The van der Waals surface area contributed by atoms with Crippen LogP contribution in [0.5, 0.6) is 0 Å². The molecule has 0 aliphatic carbocycles. The van der Waals surface area contributed by atoms with Gasteiger partial charge in [-0.05, 0) is 37.1 Å². The summed E-state index contributed by atoms with van der Waals surface area (Å²) in [4.78, 5) is 11.9. The normalized spacial score (nSPS) is 9.75. The molecule has 1 radical (unpaired) electrons. The van der Waals surface area contributed by atoms with Gasteiger partial charge in [0.2, 0.25) is 6.54 Å². The fourth-order valence-electron chi connectivity index (χ4n) is 1.99.